The third kappa shape index (κ3) is 3.90. The van der Waals surface area contributed by atoms with Crippen LogP contribution in [0.4, 0.5) is 4.79 Å². The molecule has 1 aromatic carbocycles. The predicted octanol–water partition coefficient (Wildman–Crippen LogP) is 1.78. The van der Waals surface area contributed by atoms with E-state index in [1.165, 1.54) is 18.3 Å². The van der Waals surface area contributed by atoms with Crippen LogP contribution in [0.25, 0.3) is 0 Å². The van der Waals surface area contributed by atoms with Crippen LogP contribution >= 0.6 is 11.6 Å². The van der Waals surface area contributed by atoms with Crippen molar-refractivity contribution in [2.45, 2.75) is 18.9 Å². The number of hydrogen-bond acceptors (Lipinski definition) is 6. The molecule has 150 valence electrons. The Balaban J connectivity index is 1.66. The second-order valence-electron chi connectivity index (χ2n) is 6.15. The standard InChI is InChI=1S/C19H17ClN4O5/c1-2-19(12-7-4-3-5-8-12)17(27)24(18(28)22-19)23-14(25)11-29-16(26)13-9-6-10-21-15(13)20/h3-10H,2,11H2,1H3,(H,22,28)(H,23,25)/t19-/m1/s1. The highest BCUT2D eigenvalue weighted by atomic mass is 35.5. The van der Waals surface area contributed by atoms with Crippen molar-refractivity contribution < 1.29 is 23.9 Å². The molecule has 3 rings (SSSR count). The fraction of sp³-hybridized carbons (Fsp3) is 0.211. The molecule has 4 amide bonds. The van der Waals surface area contributed by atoms with Crippen molar-refractivity contribution in [2.24, 2.45) is 0 Å². The largest absolute Gasteiger partial charge is 0.452 e. The lowest BCUT2D eigenvalue weighted by atomic mass is 9.87. The molecule has 2 aromatic rings. The number of benzene rings is 1. The van der Waals surface area contributed by atoms with E-state index >= 15 is 0 Å². The molecule has 1 fully saturated rings. The van der Waals surface area contributed by atoms with E-state index in [9.17, 15) is 19.2 Å². The van der Waals surface area contributed by atoms with E-state index in [0.717, 1.165) is 0 Å². The van der Waals surface area contributed by atoms with Crippen LogP contribution in [0.15, 0.2) is 48.7 Å². The highest BCUT2D eigenvalue weighted by molar-refractivity contribution is 6.32. The third-order valence-electron chi connectivity index (χ3n) is 4.44. The van der Waals surface area contributed by atoms with Gasteiger partial charge in [0.2, 0.25) is 0 Å². The average molecular weight is 417 g/mol. The molecule has 1 atom stereocenters. The van der Waals surface area contributed by atoms with Gasteiger partial charge in [0.05, 0.1) is 5.56 Å². The molecule has 1 aliphatic rings. The molecule has 0 bridgehead atoms. The van der Waals surface area contributed by atoms with E-state index in [2.05, 4.69) is 15.7 Å². The maximum Gasteiger partial charge on any atom is 0.344 e. The molecule has 29 heavy (non-hydrogen) atoms. The Morgan fingerprint density at radius 2 is 1.93 bits per heavy atom. The van der Waals surface area contributed by atoms with E-state index < -0.39 is 36.0 Å². The SMILES string of the molecule is CC[C@]1(c2ccccc2)NC(=O)N(NC(=O)COC(=O)c2cccnc2Cl)C1=O. The summed E-state index contributed by atoms with van der Waals surface area (Å²) in [5.41, 5.74) is 1.46. The molecule has 0 spiro atoms. The Labute approximate surface area is 171 Å². The fourth-order valence-electron chi connectivity index (χ4n) is 2.94. The average Bonchev–Trinajstić information content (AvgIpc) is 2.98. The molecule has 0 radical (unpaired) electrons. The summed E-state index contributed by atoms with van der Waals surface area (Å²) in [5.74, 6) is -2.35. The molecule has 2 N–H and O–H groups in total. The monoisotopic (exact) mass is 416 g/mol. The van der Waals surface area contributed by atoms with Crippen LogP contribution in [-0.2, 0) is 19.9 Å². The molecule has 10 heteroatoms. The molecule has 1 saturated heterocycles. The number of rotatable bonds is 6. The molecule has 0 aliphatic carbocycles. The minimum atomic E-state index is -1.29. The Hall–Kier alpha value is -3.46. The van der Waals surface area contributed by atoms with Crippen molar-refractivity contribution in [3.8, 4) is 0 Å². The zero-order chi connectivity index (χ0) is 21.0. The van der Waals surface area contributed by atoms with Crippen molar-refractivity contribution in [3.05, 3.63) is 64.9 Å². The minimum absolute atomic E-state index is 0.00830. The zero-order valence-corrected chi connectivity index (χ0v) is 16.1. The second-order valence-corrected chi connectivity index (χ2v) is 6.51. The van der Waals surface area contributed by atoms with Gasteiger partial charge in [-0.2, -0.15) is 5.01 Å². The van der Waals surface area contributed by atoms with Crippen molar-refractivity contribution in [2.75, 3.05) is 6.61 Å². The number of ether oxygens (including phenoxy) is 1. The van der Waals surface area contributed by atoms with Crippen LogP contribution in [0.2, 0.25) is 5.15 Å². The summed E-state index contributed by atoms with van der Waals surface area (Å²) >= 11 is 5.80. The van der Waals surface area contributed by atoms with E-state index in [-0.39, 0.29) is 17.1 Å². The number of nitrogens with zero attached hydrogens (tertiary/aromatic N) is 2. The highest BCUT2D eigenvalue weighted by Crippen LogP contribution is 2.31. The number of carbonyl (C=O) groups excluding carboxylic acids is 4. The first-order valence-corrected chi connectivity index (χ1v) is 9.06. The van der Waals surface area contributed by atoms with Gasteiger partial charge in [0.1, 0.15) is 10.7 Å². The van der Waals surface area contributed by atoms with Crippen LogP contribution < -0.4 is 10.7 Å². The summed E-state index contributed by atoms with van der Waals surface area (Å²) < 4.78 is 4.87. The van der Waals surface area contributed by atoms with Crippen molar-refractivity contribution >= 4 is 35.4 Å². The van der Waals surface area contributed by atoms with Crippen LogP contribution in [0.5, 0.6) is 0 Å². The van der Waals surface area contributed by atoms with Crippen LogP contribution in [0.1, 0.15) is 29.3 Å². The lowest BCUT2D eigenvalue weighted by Crippen LogP contribution is -2.49. The van der Waals surface area contributed by atoms with Gasteiger partial charge < -0.3 is 10.1 Å². The Bertz CT molecular complexity index is 968. The summed E-state index contributed by atoms with van der Waals surface area (Å²) in [6.07, 6.45) is 1.68. The topological polar surface area (TPSA) is 118 Å². The molecular weight excluding hydrogens is 400 g/mol. The number of halogens is 1. The van der Waals surface area contributed by atoms with E-state index in [1.54, 1.807) is 37.3 Å². The Morgan fingerprint density at radius 3 is 2.59 bits per heavy atom. The summed E-state index contributed by atoms with van der Waals surface area (Å²) in [4.78, 5) is 53.1. The van der Waals surface area contributed by atoms with Crippen molar-refractivity contribution in [1.82, 2.24) is 20.7 Å². The maximum atomic E-state index is 12.9. The molecular formula is C19H17ClN4O5. The van der Waals surface area contributed by atoms with E-state index in [4.69, 9.17) is 16.3 Å². The predicted molar refractivity (Wildman–Crippen MR) is 101 cm³/mol. The quantitative estimate of drug-likeness (QED) is 0.421. The third-order valence-corrected chi connectivity index (χ3v) is 4.74. The van der Waals surface area contributed by atoms with Gasteiger partial charge in [0, 0.05) is 6.20 Å². The Morgan fingerprint density at radius 1 is 1.21 bits per heavy atom. The first kappa shape index (κ1) is 20.3. The summed E-state index contributed by atoms with van der Waals surface area (Å²) in [6.45, 7) is 1.03. The number of hydrazine groups is 1. The molecule has 0 unspecified atom stereocenters. The fourth-order valence-corrected chi connectivity index (χ4v) is 3.14. The number of amides is 4. The number of imide groups is 1. The van der Waals surface area contributed by atoms with E-state index in [1.807, 2.05) is 0 Å². The van der Waals surface area contributed by atoms with Gasteiger partial charge >= 0.3 is 12.0 Å². The van der Waals surface area contributed by atoms with Crippen molar-refractivity contribution in [1.29, 1.82) is 0 Å². The molecule has 1 aliphatic heterocycles. The lowest BCUT2D eigenvalue weighted by molar-refractivity contribution is -0.140. The maximum absolute atomic E-state index is 12.9. The van der Waals surface area contributed by atoms with Crippen LogP contribution in [0, 0.1) is 0 Å². The molecule has 0 saturated carbocycles. The summed E-state index contributed by atoms with van der Waals surface area (Å²) in [5, 5.41) is 3.15. The van der Waals surface area contributed by atoms with Crippen LogP contribution in [-0.4, -0.2) is 40.4 Å². The van der Waals surface area contributed by atoms with Gasteiger partial charge in [-0.3, -0.25) is 15.0 Å². The van der Waals surface area contributed by atoms with Gasteiger partial charge in [0.15, 0.2) is 6.61 Å². The highest BCUT2D eigenvalue weighted by Gasteiger charge is 2.52. The number of pyridine rings is 1. The Kier molecular flexibility index (Phi) is 5.79. The number of nitrogens with one attached hydrogen (secondary N) is 2. The number of urea groups is 1. The number of aromatic nitrogens is 1. The van der Waals surface area contributed by atoms with Gasteiger partial charge in [-0.05, 0) is 24.1 Å². The number of esters is 1. The summed E-state index contributed by atoms with van der Waals surface area (Å²) in [7, 11) is 0. The second kappa shape index (κ2) is 8.27. The van der Waals surface area contributed by atoms with E-state index in [0.29, 0.717) is 10.6 Å². The smallest absolute Gasteiger partial charge is 0.344 e. The van der Waals surface area contributed by atoms with Gasteiger partial charge in [-0.25, -0.2) is 14.6 Å². The van der Waals surface area contributed by atoms with Crippen LogP contribution in [0.3, 0.4) is 0 Å². The first-order chi connectivity index (χ1) is 13.9. The normalized spacial score (nSPS) is 18.3. The van der Waals surface area contributed by atoms with Gasteiger partial charge in [0.25, 0.3) is 11.8 Å². The van der Waals surface area contributed by atoms with Gasteiger partial charge in [-0.15, -0.1) is 0 Å². The van der Waals surface area contributed by atoms with Crippen molar-refractivity contribution in [3.63, 3.8) is 0 Å². The first-order valence-electron chi connectivity index (χ1n) is 8.68. The summed E-state index contributed by atoms with van der Waals surface area (Å²) in [6, 6.07) is 10.8. The zero-order valence-electron chi connectivity index (χ0n) is 15.3. The molecule has 2 heterocycles. The molecule has 1 aromatic heterocycles. The van der Waals surface area contributed by atoms with Gasteiger partial charge in [-0.1, -0.05) is 48.9 Å². The number of carbonyl (C=O) groups is 4. The number of hydrogen-bond donors (Lipinski definition) is 2. The molecule has 9 nitrogen and oxygen atoms in total. The minimum Gasteiger partial charge on any atom is -0.452 e. The lowest BCUT2D eigenvalue weighted by Gasteiger charge is -2.25.